The second kappa shape index (κ2) is 32.6. The Kier molecular flexibility index (Phi) is 18.8. The number of fused-ring (bicyclic) bond motifs is 30. The molecule has 0 radical (unpaired) electrons. The van der Waals surface area contributed by atoms with E-state index in [1.54, 1.807) is 0 Å². The third-order valence-corrected chi connectivity index (χ3v) is 32.8. The van der Waals surface area contributed by atoms with Gasteiger partial charge in [0.05, 0.1) is 55.7 Å². The van der Waals surface area contributed by atoms with Gasteiger partial charge in [-0.3, -0.25) is 0 Å². The molecule has 8 nitrogen and oxygen atoms in total. The molecule has 0 unspecified atom stereocenters. The summed E-state index contributed by atoms with van der Waals surface area (Å²) in [7, 11) is 0. The molecule has 8 heterocycles. The summed E-state index contributed by atoms with van der Waals surface area (Å²) in [5, 5.41) is 15.9. The zero-order valence-corrected chi connectivity index (χ0v) is 83.1. The highest BCUT2D eigenvalue weighted by Gasteiger charge is 2.44. The van der Waals surface area contributed by atoms with Gasteiger partial charge in [0.1, 0.15) is 33.5 Å². The molecule has 0 N–H and O–H groups in total. The van der Waals surface area contributed by atoms with Crippen LogP contribution in [-0.4, -0.2) is 22.8 Å². The van der Waals surface area contributed by atoms with Gasteiger partial charge in [0, 0.05) is 143 Å². The molecular formula is C141H97N5O3. The Labute approximate surface area is 860 Å². The monoisotopic (exact) mass is 1910 g/mol. The van der Waals surface area contributed by atoms with Crippen molar-refractivity contribution in [2.45, 2.75) is 57.8 Å². The second-order valence-electron chi connectivity index (χ2n) is 42.0. The zero-order valence-electron chi connectivity index (χ0n) is 83.1. The summed E-state index contributed by atoms with van der Waals surface area (Å²) in [6, 6.07) is 174. The van der Waals surface area contributed by atoms with Crippen LogP contribution in [0.25, 0.3) is 260 Å². The van der Waals surface area contributed by atoms with Crippen LogP contribution in [0.3, 0.4) is 0 Å². The van der Waals surface area contributed by atoms with E-state index in [9.17, 15) is 0 Å². The van der Waals surface area contributed by atoms with Crippen LogP contribution >= 0.6 is 0 Å². The van der Waals surface area contributed by atoms with E-state index in [0.717, 1.165) is 99.4 Å². The first-order chi connectivity index (χ1) is 73.2. The molecule has 3 aliphatic rings. The molecule has 0 fully saturated rings. The largest absolute Gasteiger partial charge is 0.456 e. The van der Waals surface area contributed by atoms with Gasteiger partial charge in [-0.15, -0.1) is 0 Å². The Hall–Kier alpha value is -18.8. The minimum absolute atomic E-state index is 0.0480. The summed E-state index contributed by atoms with van der Waals surface area (Å²) in [6.45, 7) is 14.2. The van der Waals surface area contributed by atoms with E-state index >= 15 is 0 Å². The first kappa shape index (κ1) is 85.8. The first-order valence-corrected chi connectivity index (χ1v) is 51.7. The van der Waals surface area contributed by atoms with Crippen molar-refractivity contribution in [3.8, 4) is 118 Å². The van der Waals surface area contributed by atoms with E-state index in [4.69, 9.17) is 13.3 Å². The highest BCUT2D eigenvalue weighted by molar-refractivity contribution is 6.16. The Morgan fingerprint density at radius 2 is 0.409 bits per heavy atom. The number of rotatable bonds is 10. The molecule has 3 aliphatic carbocycles. The minimum atomic E-state index is -0.169. The number of aromatic nitrogens is 5. The first-order valence-electron chi connectivity index (χ1n) is 51.7. The standard InChI is InChI=1S/2C53H36N2O.C35H25NO/c1-53(2)45-20-9-6-17-42(45)51-50(53)44-32-35(34-25-29-47-43(31-34)39-15-7-10-21-46(39)54(47)36-13-4-3-5-14-36)26-30-48(44)55(51)37-27-23-33(24-28-37)38-18-12-19-41-40-16-8-11-22-49(40)56-52(38)41;1-53(2)45-17-9-6-16-41(45)52-51(53)44-32-36(35-22-27-47-42(30-35)39-14-7-10-18-46(39)54(47)37-12-4-3-5-13-37)23-28-48(44)55(52)38-25-20-33(21-26-38)34-24-29-50-43(31-34)40-15-8-11-19-49(40)56-50;1-35(2)29-15-6-3-11-27(29)33-32(35)28-12-4-7-16-30(28)36(33)23-20-18-22(19-21-23)24-13-9-14-26-25-10-5-8-17-31(25)37-34(24)26/h2*3-32H,1-2H3;3-21H,1-2H3. The third kappa shape index (κ3) is 12.9. The lowest BCUT2D eigenvalue weighted by molar-refractivity contribution is 0.666. The fraction of sp³-hybridized carbons (Fsp3) is 0.0638. The highest BCUT2D eigenvalue weighted by atomic mass is 16.3. The van der Waals surface area contributed by atoms with Crippen molar-refractivity contribution in [1.82, 2.24) is 22.8 Å². The predicted octanol–water partition coefficient (Wildman–Crippen LogP) is 38.0. The van der Waals surface area contributed by atoms with E-state index < -0.39 is 0 Å². The molecule has 0 saturated carbocycles. The van der Waals surface area contributed by atoms with Crippen molar-refractivity contribution in [3.63, 3.8) is 0 Å². The molecule has 704 valence electrons. The number of hydrogen-bond donors (Lipinski definition) is 0. The summed E-state index contributed by atoms with van der Waals surface area (Å²) in [4.78, 5) is 0. The summed E-state index contributed by atoms with van der Waals surface area (Å²) >= 11 is 0. The number of para-hydroxylation sites is 10. The molecule has 32 rings (SSSR count). The summed E-state index contributed by atoms with van der Waals surface area (Å²) in [5.74, 6) is 0. The van der Waals surface area contributed by atoms with Crippen LogP contribution in [0.15, 0.2) is 492 Å². The molecular weight excluding hydrogens is 1810 g/mol. The fourth-order valence-corrected chi connectivity index (χ4v) is 26.0. The van der Waals surface area contributed by atoms with Crippen molar-refractivity contribution in [3.05, 3.63) is 513 Å². The number of furan rings is 3. The molecule has 8 heteroatoms. The van der Waals surface area contributed by atoms with E-state index in [1.165, 1.54) is 194 Å². The normalized spacial score (nSPS) is 13.5. The van der Waals surface area contributed by atoms with Gasteiger partial charge in [-0.25, -0.2) is 0 Å². The molecule has 29 aromatic rings. The summed E-state index contributed by atoms with van der Waals surface area (Å²) < 4.78 is 31.1. The van der Waals surface area contributed by atoms with Gasteiger partial charge in [0.2, 0.25) is 0 Å². The zero-order chi connectivity index (χ0) is 99.0. The summed E-state index contributed by atoms with van der Waals surface area (Å²) in [5.41, 5.74) is 47.5. The van der Waals surface area contributed by atoms with Crippen molar-refractivity contribution < 1.29 is 13.3 Å². The van der Waals surface area contributed by atoms with Crippen LogP contribution in [0.5, 0.6) is 0 Å². The Morgan fingerprint density at radius 3 is 0.819 bits per heavy atom. The van der Waals surface area contributed by atoms with Crippen molar-refractivity contribution >= 4 is 142 Å². The van der Waals surface area contributed by atoms with E-state index in [0.29, 0.717) is 0 Å². The molecule has 21 aromatic carbocycles. The van der Waals surface area contributed by atoms with Crippen LogP contribution in [0.4, 0.5) is 0 Å². The topological polar surface area (TPSA) is 64.1 Å². The lowest BCUT2D eigenvalue weighted by Crippen LogP contribution is -2.14. The van der Waals surface area contributed by atoms with Crippen LogP contribution in [0, 0.1) is 0 Å². The molecule has 0 amide bonds. The smallest absolute Gasteiger partial charge is 0.143 e. The fourth-order valence-electron chi connectivity index (χ4n) is 26.0. The van der Waals surface area contributed by atoms with E-state index in [-0.39, 0.29) is 16.2 Å². The van der Waals surface area contributed by atoms with Gasteiger partial charge in [-0.2, -0.15) is 0 Å². The number of nitrogens with zero attached hydrogens (tertiary/aromatic N) is 5. The molecule has 0 aliphatic heterocycles. The van der Waals surface area contributed by atoms with Gasteiger partial charge in [-0.05, 0) is 236 Å². The highest BCUT2D eigenvalue weighted by Crippen LogP contribution is 2.59. The SMILES string of the molecule is CC1(C)c2ccccc2-c2c1c1cc(-c3ccc4c(c3)c3ccccc3n4-c3ccccc3)ccc1n2-c1ccc(-c2ccc3oc4ccccc4c3c2)cc1.CC1(C)c2ccccc2-c2c1c1cc(-c3ccc4c(c3)c3ccccc3n4-c3ccccc3)ccc1n2-c1ccc(-c2cccc3c2oc2ccccc23)cc1.CC1(C)c2ccccc2-c2c1c1ccccc1n2-c1ccc(-c2cccc3c2oc2ccccc23)cc1. The molecule has 0 saturated heterocycles. The molecule has 0 spiro atoms. The van der Waals surface area contributed by atoms with Gasteiger partial charge in [-0.1, -0.05) is 363 Å². The lowest BCUT2D eigenvalue weighted by atomic mass is 9.81. The van der Waals surface area contributed by atoms with Crippen LogP contribution < -0.4 is 0 Å². The number of hydrogen-bond acceptors (Lipinski definition) is 3. The average molecular weight is 1910 g/mol. The van der Waals surface area contributed by atoms with Crippen LogP contribution in [0.1, 0.15) is 74.9 Å². The average Bonchev–Trinajstić information content (AvgIpc) is 1.52. The Morgan fingerprint density at radius 1 is 0.154 bits per heavy atom. The van der Waals surface area contributed by atoms with Crippen LogP contribution in [0.2, 0.25) is 0 Å². The third-order valence-electron chi connectivity index (χ3n) is 32.8. The predicted molar refractivity (Wildman–Crippen MR) is 620 cm³/mol. The molecule has 0 atom stereocenters. The summed E-state index contributed by atoms with van der Waals surface area (Å²) in [6.07, 6.45) is 0. The maximum absolute atomic E-state index is 6.43. The minimum Gasteiger partial charge on any atom is -0.456 e. The van der Waals surface area contributed by atoms with Crippen molar-refractivity contribution in [1.29, 1.82) is 0 Å². The molecule has 149 heavy (non-hydrogen) atoms. The second-order valence-corrected chi connectivity index (χ2v) is 42.0. The molecule has 8 aromatic heterocycles. The van der Waals surface area contributed by atoms with Gasteiger partial charge < -0.3 is 36.1 Å². The van der Waals surface area contributed by atoms with Crippen molar-refractivity contribution in [2.24, 2.45) is 0 Å². The quantitative estimate of drug-likeness (QED) is 0.137. The van der Waals surface area contributed by atoms with Crippen molar-refractivity contribution in [2.75, 3.05) is 0 Å². The van der Waals surface area contributed by atoms with E-state index in [1.807, 2.05) is 36.4 Å². The van der Waals surface area contributed by atoms with E-state index in [2.05, 4.69) is 507 Å². The maximum atomic E-state index is 6.43. The Bertz CT molecular complexity index is 10600. The van der Waals surface area contributed by atoms with Crippen LogP contribution in [-0.2, 0) is 16.2 Å². The molecule has 0 bridgehead atoms. The van der Waals surface area contributed by atoms with Gasteiger partial charge in [0.15, 0.2) is 0 Å². The Balaban J connectivity index is 0.000000105. The number of benzene rings is 21. The lowest BCUT2D eigenvalue weighted by Gasteiger charge is -2.21. The van der Waals surface area contributed by atoms with Gasteiger partial charge >= 0.3 is 0 Å². The maximum Gasteiger partial charge on any atom is 0.143 e. The van der Waals surface area contributed by atoms with Gasteiger partial charge in [0.25, 0.3) is 0 Å².